The summed E-state index contributed by atoms with van der Waals surface area (Å²) in [5.74, 6) is 0.649. The first kappa shape index (κ1) is 19.9. The van der Waals surface area contributed by atoms with Crippen LogP contribution in [0.3, 0.4) is 0 Å². The average molecular weight is 385 g/mol. The Kier molecular flexibility index (Phi) is 6.62. The number of amides is 1. The molecule has 1 aliphatic heterocycles. The Morgan fingerprint density at radius 1 is 1.14 bits per heavy atom. The summed E-state index contributed by atoms with van der Waals surface area (Å²) in [6, 6.07) is 3.84. The lowest BCUT2D eigenvalue weighted by Gasteiger charge is -2.27. The molecule has 0 bridgehead atoms. The van der Waals surface area contributed by atoms with Crippen molar-refractivity contribution < 1.29 is 4.79 Å². The normalized spacial score (nSPS) is 15.0. The molecule has 1 aliphatic rings. The Hall–Kier alpha value is -2.90. The summed E-state index contributed by atoms with van der Waals surface area (Å²) in [6.45, 7) is 2.30. The topological polar surface area (TPSA) is 100 Å². The highest BCUT2D eigenvalue weighted by Gasteiger charge is 2.15. The zero-order valence-corrected chi connectivity index (χ0v) is 16.2. The molecule has 0 spiro atoms. The minimum absolute atomic E-state index is 0.0806. The first-order valence-electron chi connectivity index (χ1n) is 9.79. The molecule has 2 N–H and O–H groups in total. The molecule has 1 amide bonds. The van der Waals surface area contributed by atoms with Crippen LogP contribution in [-0.2, 0) is 24.8 Å². The minimum Gasteiger partial charge on any atom is -0.356 e. The molecule has 8 heteroatoms. The largest absolute Gasteiger partial charge is 0.356 e. The van der Waals surface area contributed by atoms with Crippen molar-refractivity contribution in [3.05, 3.63) is 56.5 Å². The van der Waals surface area contributed by atoms with Gasteiger partial charge in [-0.2, -0.15) is 0 Å². The van der Waals surface area contributed by atoms with E-state index in [-0.39, 0.29) is 17.9 Å². The van der Waals surface area contributed by atoms with Crippen LogP contribution in [-0.4, -0.2) is 33.5 Å². The van der Waals surface area contributed by atoms with Crippen molar-refractivity contribution in [3.63, 3.8) is 0 Å². The molecule has 0 radical (unpaired) electrons. The van der Waals surface area contributed by atoms with E-state index in [4.69, 9.17) is 0 Å². The third kappa shape index (κ3) is 4.88. The maximum absolute atomic E-state index is 12.3. The van der Waals surface area contributed by atoms with Crippen molar-refractivity contribution in [2.24, 2.45) is 7.05 Å². The van der Waals surface area contributed by atoms with Crippen LogP contribution in [0, 0.1) is 0 Å². The van der Waals surface area contributed by atoms with Gasteiger partial charge in [-0.05, 0) is 18.9 Å². The predicted molar refractivity (Wildman–Crippen MR) is 107 cm³/mol. The Morgan fingerprint density at radius 2 is 1.86 bits per heavy atom. The third-order valence-electron chi connectivity index (χ3n) is 5.10. The first-order valence-corrected chi connectivity index (χ1v) is 9.79. The molecule has 2 aromatic rings. The molecule has 150 valence electrons. The summed E-state index contributed by atoms with van der Waals surface area (Å²) in [6.07, 6.45) is 9.08. The maximum atomic E-state index is 12.3. The van der Waals surface area contributed by atoms with Crippen LogP contribution in [0.4, 0.5) is 5.82 Å². The van der Waals surface area contributed by atoms with Crippen molar-refractivity contribution in [2.45, 2.75) is 45.1 Å². The van der Waals surface area contributed by atoms with E-state index in [9.17, 15) is 14.4 Å². The van der Waals surface area contributed by atoms with Gasteiger partial charge >= 0.3 is 5.69 Å². The van der Waals surface area contributed by atoms with Gasteiger partial charge in [-0.25, -0.2) is 9.78 Å². The van der Waals surface area contributed by atoms with E-state index < -0.39 is 11.2 Å². The molecular formula is C20H27N5O3. The molecule has 0 aromatic carbocycles. The zero-order valence-electron chi connectivity index (χ0n) is 16.2. The number of carbonyl (C=O) groups excluding carboxylic acids is 1. The lowest BCUT2D eigenvalue weighted by molar-refractivity contribution is -0.120. The fourth-order valence-electron chi connectivity index (χ4n) is 3.48. The number of H-pyrrole nitrogens is 1. The number of aromatic amines is 1. The van der Waals surface area contributed by atoms with Gasteiger partial charge in [-0.15, -0.1) is 0 Å². The fraction of sp³-hybridized carbons (Fsp3) is 0.500. The molecular weight excluding hydrogens is 358 g/mol. The van der Waals surface area contributed by atoms with Gasteiger partial charge in [-0.1, -0.05) is 25.3 Å². The summed E-state index contributed by atoms with van der Waals surface area (Å²) in [7, 11) is 1.38. The number of hydrogen-bond acceptors (Lipinski definition) is 5. The lowest BCUT2D eigenvalue weighted by atomic mass is 10.1. The van der Waals surface area contributed by atoms with E-state index >= 15 is 0 Å². The third-order valence-corrected chi connectivity index (χ3v) is 5.10. The van der Waals surface area contributed by atoms with Crippen LogP contribution < -0.4 is 21.5 Å². The average Bonchev–Trinajstić information content (AvgIpc) is 2.67. The van der Waals surface area contributed by atoms with E-state index in [0.29, 0.717) is 6.54 Å². The smallest absolute Gasteiger partial charge is 0.328 e. The number of nitrogens with one attached hydrogen (secondary N) is 2. The monoisotopic (exact) mass is 385 g/mol. The number of carbonyl (C=O) groups is 1. The summed E-state index contributed by atoms with van der Waals surface area (Å²) in [5.41, 5.74) is 0.268. The van der Waals surface area contributed by atoms with E-state index in [1.54, 1.807) is 6.20 Å². The number of anilines is 1. The Balaban J connectivity index is 1.66. The van der Waals surface area contributed by atoms with Crippen molar-refractivity contribution in [1.29, 1.82) is 0 Å². The highest BCUT2D eigenvalue weighted by atomic mass is 16.2. The molecule has 0 aliphatic carbocycles. The molecule has 3 rings (SSSR count). The van der Waals surface area contributed by atoms with Crippen molar-refractivity contribution in [3.8, 4) is 0 Å². The maximum Gasteiger partial charge on any atom is 0.328 e. The highest BCUT2D eigenvalue weighted by Crippen LogP contribution is 2.21. The number of rotatable bonds is 5. The molecule has 1 fully saturated rings. The molecule has 0 saturated carbocycles. The van der Waals surface area contributed by atoms with Gasteiger partial charge in [0, 0.05) is 50.2 Å². The summed E-state index contributed by atoms with van der Waals surface area (Å²) in [5, 5.41) is 2.87. The van der Waals surface area contributed by atoms with Gasteiger partial charge in [0.05, 0.1) is 6.42 Å². The van der Waals surface area contributed by atoms with Crippen LogP contribution in [0.5, 0.6) is 0 Å². The zero-order chi connectivity index (χ0) is 19.9. The first-order chi connectivity index (χ1) is 13.6. The minimum atomic E-state index is -0.498. The van der Waals surface area contributed by atoms with Crippen LogP contribution in [0.2, 0.25) is 0 Å². The highest BCUT2D eigenvalue weighted by molar-refractivity contribution is 5.78. The Bertz CT molecular complexity index is 926. The molecule has 8 nitrogen and oxygen atoms in total. The predicted octanol–water partition coefficient (Wildman–Crippen LogP) is 1.10. The van der Waals surface area contributed by atoms with E-state index in [0.717, 1.165) is 41.9 Å². The Labute approximate surface area is 163 Å². The number of nitrogens with zero attached hydrogens (tertiary/aromatic N) is 3. The van der Waals surface area contributed by atoms with Crippen LogP contribution in [0.25, 0.3) is 0 Å². The molecule has 2 aromatic heterocycles. The van der Waals surface area contributed by atoms with Crippen molar-refractivity contribution in [1.82, 2.24) is 19.9 Å². The SMILES string of the molecule is Cn1c(=O)[nH]cc(CC(=O)NCc2cccnc2N2CCCCCCC2)c1=O. The van der Waals surface area contributed by atoms with E-state index in [1.165, 1.54) is 32.5 Å². The van der Waals surface area contributed by atoms with Crippen molar-refractivity contribution >= 4 is 11.7 Å². The second kappa shape index (κ2) is 9.34. The molecule has 3 heterocycles. The summed E-state index contributed by atoms with van der Waals surface area (Å²) in [4.78, 5) is 45.1. The van der Waals surface area contributed by atoms with E-state index in [2.05, 4.69) is 20.2 Å². The van der Waals surface area contributed by atoms with Gasteiger partial charge in [0.25, 0.3) is 5.56 Å². The quantitative estimate of drug-likeness (QED) is 0.803. The number of aromatic nitrogens is 3. The summed E-state index contributed by atoms with van der Waals surface area (Å²) < 4.78 is 0.962. The lowest BCUT2D eigenvalue weighted by Crippen LogP contribution is -2.36. The van der Waals surface area contributed by atoms with Gasteiger partial charge in [0.2, 0.25) is 5.91 Å². The van der Waals surface area contributed by atoms with Gasteiger partial charge in [0.1, 0.15) is 5.82 Å². The molecule has 1 saturated heterocycles. The van der Waals surface area contributed by atoms with Gasteiger partial charge in [0.15, 0.2) is 0 Å². The second-order valence-corrected chi connectivity index (χ2v) is 7.18. The molecule has 28 heavy (non-hydrogen) atoms. The van der Waals surface area contributed by atoms with Crippen LogP contribution in [0.1, 0.15) is 43.2 Å². The molecule has 0 atom stereocenters. The Morgan fingerprint density at radius 3 is 2.61 bits per heavy atom. The van der Waals surface area contributed by atoms with Crippen LogP contribution in [0.15, 0.2) is 34.1 Å². The fourth-order valence-corrected chi connectivity index (χ4v) is 3.48. The number of hydrogen-bond donors (Lipinski definition) is 2. The van der Waals surface area contributed by atoms with Gasteiger partial charge < -0.3 is 15.2 Å². The van der Waals surface area contributed by atoms with Gasteiger partial charge in [-0.3, -0.25) is 14.2 Å². The summed E-state index contributed by atoms with van der Waals surface area (Å²) >= 11 is 0. The molecule has 0 unspecified atom stereocenters. The van der Waals surface area contributed by atoms with E-state index in [1.807, 2.05) is 12.1 Å². The number of pyridine rings is 1. The second-order valence-electron chi connectivity index (χ2n) is 7.18. The van der Waals surface area contributed by atoms with Crippen molar-refractivity contribution in [2.75, 3.05) is 18.0 Å². The van der Waals surface area contributed by atoms with Crippen LogP contribution >= 0.6 is 0 Å². The standard InChI is InChI=1S/C20H27N5O3/c1-24-19(27)16(14-23-20(24)28)12-17(26)22-13-15-8-7-9-21-18(15)25-10-5-3-2-4-6-11-25/h7-9,14H,2-6,10-13H2,1H3,(H,22,26)(H,23,28).